The van der Waals surface area contributed by atoms with Crippen LogP contribution in [0.5, 0.6) is 0 Å². The van der Waals surface area contributed by atoms with E-state index in [1.807, 2.05) is 18.2 Å². The molecule has 2 nitrogen and oxygen atoms in total. The molecule has 0 aliphatic carbocycles. The molecule has 96 valence electrons. The number of benzene rings is 2. The van der Waals surface area contributed by atoms with E-state index in [0.29, 0.717) is 0 Å². The Labute approximate surface area is 128 Å². The van der Waals surface area contributed by atoms with Gasteiger partial charge in [0.05, 0.1) is 0 Å². The third kappa shape index (κ3) is 2.30. The lowest BCUT2D eigenvalue weighted by molar-refractivity contribution is 0.832. The summed E-state index contributed by atoms with van der Waals surface area (Å²) in [6.07, 6.45) is 2.11. The van der Waals surface area contributed by atoms with E-state index < -0.39 is 0 Å². The molecule has 0 amide bonds. The maximum Gasteiger partial charge on any atom is 0.0495 e. The third-order valence-corrected chi connectivity index (χ3v) is 4.79. The second-order valence-electron chi connectivity index (χ2n) is 4.44. The Bertz CT molecular complexity index is 747. The molecule has 19 heavy (non-hydrogen) atoms. The second kappa shape index (κ2) is 5.02. The largest absolute Gasteiger partial charge is 0.398 e. The predicted molar refractivity (Wildman–Crippen MR) is 87.3 cm³/mol. The van der Waals surface area contributed by atoms with Gasteiger partial charge < -0.3 is 10.3 Å². The summed E-state index contributed by atoms with van der Waals surface area (Å²) in [6.45, 7) is 0.789. The van der Waals surface area contributed by atoms with Crippen LogP contribution in [0.3, 0.4) is 0 Å². The molecule has 0 fully saturated rings. The number of fused-ring (bicyclic) bond motifs is 1. The summed E-state index contributed by atoms with van der Waals surface area (Å²) >= 11 is 7.17. The molecule has 3 rings (SSSR count). The zero-order valence-corrected chi connectivity index (χ0v) is 13.3. The van der Waals surface area contributed by atoms with Crippen molar-refractivity contribution >= 4 is 48.5 Å². The fourth-order valence-corrected chi connectivity index (χ4v) is 3.21. The van der Waals surface area contributed by atoms with Gasteiger partial charge in [0.15, 0.2) is 0 Å². The molecular formula is C15H12Br2N2. The van der Waals surface area contributed by atoms with Crippen LogP contribution in [0.15, 0.2) is 57.6 Å². The Morgan fingerprint density at radius 1 is 1.00 bits per heavy atom. The highest BCUT2D eigenvalue weighted by atomic mass is 79.9. The SMILES string of the molecule is Nc1cccc(Cn2cc(Br)c3ccccc32)c1Br. The molecule has 2 N–H and O–H groups in total. The Kier molecular flexibility index (Phi) is 3.37. The van der Waals surface area contributed by atoms with Gasteiger partial charge in [-0.3, -0.25) is 0 Å². The summed E-state index contributed by atoms with van der Waals surface area (Å²) in [7, 11) is 0. The summed E-state index contributed by atoms with van der Waals surface area (Å²) in [4.78, 5) is 0. The van der Waals surface area contributed by atoms with Crippen LogP contribution in [0.1, 0.15) is 5.56 Å². The van der Waals surface area contributed by atoms with E-state index in [9.17, 15) is 0 Å². The van der Waals surface area contributed by atoms with E-state index in [1.165, 1.54) is 16.5 Å². The maximum atomic E-state index is 5.93. The average molecular weight is 380 g/mol. The molecule has 0 unspecified atom stereocenters. The van der Waals surface area contributed by atoms with Crippen molar-refractivity contribution in [1.29, 1.82) is 0 Å². The molecule has 0 atom stereocenters. The van der Waals surface area contributed by atoms with Crippen molar-refractivity contribution in [3.05, 3.63) is 63.2 Å². The Balaban J connectivity index is 2.09. The average Bonchev–Trinajstić information content (AvgIpc) is 2.73. The van der Waals surface area contributed by atoms with E-state index in [-0.39, 0.29) is 0 Å². The quantitative estimate of drug-likeness (QED) is 0.637. The fraction of sp³-hybridized carbons (Fsp3) is 0.0667. The molecule has 4 heteroatoms. The Hall–Kier alpha value is -1.26. The molecule has 0 radical (unpaired) electrons. The molecule has 0 aliphatic rings. The molecule has 3 aromatic rings. The number of hydrogen-bond acceptors (Lipinski definition) is 1. The van der Waals surface area contributed by atoms with Gasteiger partial charge in [-0.2, -0.15) is 0 Å². The van der Waals surface area contributed by atoms with E-state index >= 15 is 0 Å². The summed E-state index contributed by atoms with van der Waals surface area (Å²) in [5, 5.41) is 1.22. The smallest absolute Gasteiger partial charge is 0.0495 e. The summed E-state index contributed by atoms with van der Waals surface area (Å²) in [5.74, 6) is 0. The minimum atomic E-state index is 0.771. The van der Waals surface area contributed by atoms with Gasteiger partial charge in [-0.05, 0) is 49.6 Å². The summed E-state index contributed by atoms with van der Waals surface area (Å²) < 4.78 is 4.31. The summed E-state index contributed by atoms with van der Waals surface area (Å²) in [6, 6.07) is 14.3. The molecule has 0 bridgehead atoms. The van der Waals surface area contributed by atoms with Crippen molar-refractivity contribution in [2.45, 2.75) is 6.54 Å². The highest BCUT2D eigenvalue weighted by Gasteiger charge is 2.08. The van der Waals surface area contributed by atoms with Crippen LogP contribution in [-0.2, 0) is 6.54 Å². The normalized spacial score (nSPS) is 11.1. The topological polar surface area (TPSA) is 30.9 Å². The van der Waals surface area contributed by atoms with Gasteiger partial charge in [-0.1, -0.05) is 30.3 Å². The van der Waals surface area contributed by atoms with Crippen LogP contribution in [0.25, 0.3) is 10.9 Å². The molecule has 0 aliphatic heterocycles. The predicted octanol–water partition coefficient (Wildman–Crippen LogP) is 4.80. The number of anilines is 1. The molecule has 0 spiro atoms. The second-order valence-corrected chi connectivity index (χ2v) is 6.09. The number of halogens is 2. The van der Waals surface area contributed by atoms with Gasteiger partial charge in [0.2, 0.25) is 0 Å². The minimum absolute atomic E-state index is 0.771. The van der Waals surface area contributed by atoms with Crippen molar-refractivity contribution in [2.75, 3.05) is 5.73 Å². The van der Waals surface area contributed by atoms with Crippen molar-refractivity contribution in [1.82, 2.24) is 4.57 Å². The molecular weight excluding hydrogens is 368 g/mol. The number of para-hydroxylation sites is 1. The van der Waals surface area contributed by atoms with Crippen molar-refractivity contribution < 1.29 is 0 Å². The highest BCUT2D eigenvalue weighted by molar-refractivity contribution is 9.11. The fourth-order valence-electron chi connectivity index (χ4n) is 2.24. The lowest BCUT2D eigenvalue weighted by atomic mass is 10.2. The number of nitrogens with two attached hydrogens (primary N) is 1. The van der Waals surface area contributed by atoms with Crippen LogP contribution in [0.2, 0.25) is 0 Å². The number of rotatable bonds is 2. The first kappa shape index (κ1) is 12.8. The first-order valence-electron chi connectivity index (χ1n) is 5.93. The summed E-state index contributed by atoms with van der Waals surface area (Å²) in [5.41, 5.74) is 9.08. The molecule has 2 aromatic carbocycles. The number of nitrogens with zero attached hydrogens (tertiary/aromatic N) is 1. The van der Waals surface area contributed by atoms with Crippen LogP contribution >= 0.6 is 31.9 Å². The van der Waals surface area contributed by atoms with Gasteiger partial charge in [0.1, 0.15) is 0 Å². The Morgan fingerprint density at radius 2 is 1.79 bits per heavy atom. The van der Waals surface area contributed by atoms with Crippen LogP contribution in [-0.4, -0.2) is 4.57 Å². The van der Waals surface area contributed by atoms with Crippen molar-refractivity contribution in [3.63, 3.8) is 0 Å². The van der Waals surface area contributed by atoms with Crippen LogP contribution in [0, 0.1) is 0 Å². The number of nitrogen functional groups attached to an aromatic ring is 1. The lowest BCUT2D eigenvalue weighted by Gasteiger charge is -2.09. The van der Waals surface area contributed by atoms with E-state index in [1.54, 1.807) is 0 Å². The third-order valence-electron chi connectivity index (χ3n) is 3.19. The van der Waals surface area contributed by atoms with Crippen LogP contribution in [0.4, 0.5) is 5.69 Å². The van der Waals surface area contributed by atoms with Crippen LogP contribution < -0.4 is 5.73 Å². The zero-order valence-electron chi connectivity index (χ0n) is 10.1. The molecule has 0 saturated carbocycles. The highest BCUT2D eigenvalue weighted by Crippen LogP contribution is 2.29. The number of aromatic nitrogens is 1. The standard InChI is InChI=1S/C15H12Br2N2/c16-12-9-19(14-7-2-1-5-11(12)14)8-10-4-3-6-13(18)15(10)17/h1-7,9H,8,18H2. The minimum Gasteiger partial charge on any atom is -0.398 e. The van der Waals surface area contributed by atoms with Crippen molar-refractivity contribution in [2.24, 2.45) is 0 Å². The van der Waals surface area contributed by atoms with Gasteiger partial charge in [-0.15, -0.1) is 0 Å². The number of hydrogen-bond donors (Lipinski definition) is 1. The van der Waals surface area contributed by atoms with Gasteiger partial charge in [-0.25, -0.2) is 0 Å². The first-order valence-corrected chi connectivity index (χ1v) is 7.51. The van der Waals surface area contributed by atoms with E-state index in [2.05, 4.69) is 66.9 Å². The van der Waals surface area contributed by atoms with Crippen molar-refractivity contribution in [3.8, 4) is 0 Å². The van der Waals surface area contributed by atoms with E-state index in [0.717, 1.165) is 21.2 Å². The monoisotopic (exact) mass is 378 g/mol. The zero-order chi connectivity index (χ0) is 13.4. The molecule has 0 saturated heterocycles. The molecule has 1 aromatic heterocycles. The lowest BCUT2D eigenvalue weighted by Crippen LogP contribution is -2.00. The van der Waals surface area contributed by atoms with Gasteiger partial charge >= 0.3 is 0 Å². The van der Waals surface area contributed by atoms with Gasteiger partial charge in [0, 0.05) is 38.3 Å². The van der Waals surface area contributed by atoms with E-state index in [4.69, 9.17) is 5.73 Å². The molecule has 1 heterocycles. The first-order chi connectivity index (χ1) is 9.16. The maximum absolute atomic E-state index is 5.93. The van der Waals surface area contributed by atoms with Gasteiger partial charge in [0.25, 0.3) is 0 Å². The Morgan fingerprint density at radius 3 is 2.63 bits per heavy atom.